The molecule has 102 valence electrons. The molecule has 0 aromatic rings. The first kappa shape index (κ1) is 12.6. The fourth-order valence-corrected chi connectivity index (χ4v) is 6.24. The Morgan fingerprint density at radius 1 is 1.17 bits per heavy atom. The first-order valence-electron chi connectivity index (χ1n) is 6.77. The van der Waals surface area contributed by atoms with Crippen molar-refractivity contribution in [3.63, 3.8) is 0 Å². The lowest BCUT2D eigenvalue weighted by atomic mass is 9.48. The summed E-state index contributed by atoms with van der Waals surface area (Å²) in [7, 11) is -3.16. The molecule has 4 nitrogen and oxygen atoms in total. The minimum atomic E-state index is -3.16. The molecule has 4 aliphatic rings. The summed E-state index contributed by atoms with van der Waals surface area (Å²) in [4.78, 5) is 11.8. The molecule has 18 heavy (non-hydrogen) atoms. The lowest BCUT2D eigenvalue weighted by Crippen LogP contribution is -2.62. The number of carbonyl (C=O) groups excluding carboxylic acids is 1. The number of Topliss-reactive ketones (excluding diaryl/α,β-unsaturated/α-hetero) is 1. The van der Waals surface area contributed by atoms with Crippen molar-refractivity contribution in [2.75, 3.05) is 6.26 Å². The van der Waals surface area contributed by atoms with Crippen molar-refractivity contribution in [2.45, 2.75) is 44.6 Å². The van der Waals surface area contributed by atoms with Gasteiger partial charge in [-0.25, -0.2) is 13.1 Å². The van der Waals surface area contributed by atoms with Gasteiger partial charge in [0.25, 0.3) is 0 Å². The van der Waals surface area contributed by atoms with Gasteiger partial charge in [0, 0.05) is 11.5 Å². The third-order valence-electron chi connectivity index (χ3n) is 5.14. The first-order valence-corrected chi connectivity index (χ1v) is 8.66. The van der Waals surface area contributed by atoms with Crippen LogP contribution in [0.1, 0.15) is 39.0 Å². The van der Waals surface area contributed by atoms with Gasteiger partial charge in [-0.3, -0.25) is 4.79 Å². The highest BCUT2D eigenvalue weighted by molar-refractivity contribution is 7.88. The summed E-state index contributed by atoms with van der Waals surface area (Å²) in [6, 6.07) is 0. The number of nitrogens with one attached hydrogen (secondary N) is 1. The Bertz CT molecular complexity index is 468. The van der Waals surface area contributed by atoms with E-state index >= 15 is 0 Å². The van der Waals surface area contributed by atoms with E-state index < -0.39 is 10.0 Å². The van der Waals surface area contributed by atoms with Crippen LogP contribution in [0.15, 0.2) is 0 Å². The molecule has 2 unspecified atom stereocenters. The summed E-state index contributed by atoms with van der Waals surface area (Å²) in [5, 5.41) is 0. The molecule has 2 atom stereocenters. The van der Waals surface area contributed by atoms with Crippen LogP contribution >= 0.6 is 0 Å². The van der Waals surface area contributed by atoms with Crippen LogP contribution in [0.3, 0.4) is 0 Å². The van der Waals surface area contributed by atoms with Crippen LogP contribution in [0.4, 0.5) is 0 Å². The van der Waals surface area contributed by atoms with E-state index in [1.54, 1.807) is 6.92 Å². The van der Waals surface area contributed by atoms with Gasteiger partial charge in [-0.1, -0.05) is 0 Å². The van der Waals surface area contributed by atoms with Crippen molar-refractivity contribution >= 4 is 15.8 Å². The summed E-state index contributed by atoms with van der Waals surface area (Å²) in [5.74, 6) is 1.92. The van der Waals surface area contributed by atoms with Gasteiger partial charge < -0.3 is 0 Å². The monoisotopic (exact) mass is 271 g/mol. The number of hydrogen-bond donors (Lipinski definition) is 1. The Labute approximate surface area is 109 Å². The number of carbonyl (C=O) groups is 1. The molecule has 4 rings (SSSR count). The maximum Gasteiger partial charge on any atom is 0.209 e. The van der Waals surface area contributed by atoms with Gasteiger partial charge in [0.05, 0.1) is 6.26 Å². The zero-order chi connectivity index (χ0) is 13.1. The van der Waals surface area contributed by atoms with E-state index in [0.29, 0.717) is 23.5 Å². The Kier molecular flexibility index (Phi) is 2.66. The van der Waals surface area contributed by atoms with Crippen LogP contribution in [-0.2, 0) is 14.8 Å². The van der Waals surface area contributed by atoms with E-state index in [2.05, 4.69) is 4.72 Å². The minimum Gasteiger partial charge on any atom is -0.300 e. The Hall–Kier alpha value is -0.420. The van der Waals surface area contributed by atoms with Crippen LogP contribution in [-0.4, -0.2) is 26.0 Å². The number of hydrogen-bond acceptors (Lipinski definition) is 3. The molecular weight excluding hydrogens is 250 g/mol. The van der Waals surface area contributed by atoms with Crippen LogP contribution in [0, 0.1) is 23.7 Å². The fraction of sp³-hybridized carbons (Fsp3) is 0.923. The molecule has 4 bridgehead atoms. The SMILES string of the molecule is CC(=O)C1C2CC3CC1CC(NS(C)(=O)=O)(C3)C2. The molecule has 5 heteroatoms. The van der Waals surface area contributed by atoms with Crippen LogP contribution in [0.2, 0.25) is 0 Å². The smallest absolute Gasteiger partial charge is 0.209 e. The second-order valence-corrected chi connectivity index (χ2v) is 8.51. The third kappa shape index (κ3) is 2.01. The van der Waals surface area contributed by atoms with Gasteiger partial charge >= 0.3 is 0 Å². The Balaban J connectivity index is 1.89. The first-order chi connectivity index (χ1) is 8.28. The number of ketones is 1. The molecule has 0 heterocycles. The molecular formula is C13H21NO3S. The topological polar surface area (TPSA) is 63.2 Å². The second-order valence-electron chi connectivity index (χ2n) is 6.76. The van der Waals surface area contributed by atoms with Crippen LogP contribution < -0.4 is 4.72 Å². The third-order valence-corrected chi connectivity index (χ3v) is 5.95. The van der Waals surface area contributed by atoms with Crippen molar-refractivity contribution in [2.24, 2.45) is 23.7 Å². The van der Waals surface area contributed by atoms with E-state index in [-0.39, 0.29) is 11.5 Å². The van der Waals surface area contributed by atoms with E-state index in [9.17, 15) is 13.2 Å². The molecule has 0 radical (unpaired) electrons. The molecule has 1 N–H and O–H groups in total. The standard InChI is InChI=1S/C13H21NO3S/c1-8(15)12-10-3-9-4-11(12)7-13(5-9,6-10)14-18(2,16)17/h9-12,14H,3-7H2,1-2H3. The van der Waals surface area contributed by atoms with Crippen molar-refractivity contribution in [3.05, 3.63) is 0 Å². The summed E-state index contributed by atoms with van der Waals surface area (Å²) in [6.07, 6.45) is 6.17. The highest BCUT2D eigenvalue weighted by atomic mass is 32.2. The average Bonchev–Trinajstić information content (AvgIpc) is 2.09. The zero-order valence-corrected chi connectivity index (χ0v) is 11.8. The predicted molar refractivity (Wildman–Crippen MR) is 68.4 cm³/mol. The summed E-state index contributed by atoms with van der Waals surface area (Å²) < 4.78 is 26.0. The second kappa shape index (κ2) is 3.79. The lowest BCUT2D eigenvalue weighted by Gasteiger charge is -2.59. The van der Waals surface area contributed by atoms with E-state index in [0.717, 1.165) is 32.1 Å². The lowest BCUT2D eigenvalue weighted by molar-refractivity contribution is -0.135. The maximum atomic E-state index is 11.8. The van der Waals surface area contributed by atoms with E-state index in [1.807, 2.05) is 0 Å². The van der Waals surface area contributed by atoms with Gasteiger partial charge in [0.15, 0.2) is 0 Å². The average molecular weight is 271 g/mol. The zero-order valence-electron chi connectivity index (χ0n) is 11.0. The Morgan fingerprint density at radius 2 is 1.72 bits per heavy atom. The van der Waals surface area contributed by atoms with Gasteiger partial charge in [0.2, 0.25) is 10.0 Å². The van der Waals surface area contributed by atoms with Crippen molar-refractivity contribution in [3.8, 4) is 0 Å². The molecule has 0 aromatic heterocycles. The van der Waals surface area contributed by atoms with Crippen molar-refractivity contribution in [1.82, 2.24) is 4.72 Å². The van der Waals surface area contributed by atoms with E-state index in [1.165, 1.54) is 6.26 Å². The summed E-state index contributed by atoms with van der Waals surface area (Å²) >= 11 is 0. The molecule has 0 aliphatic heterocycles. The van der Waals surface area contributed by atoms with E-state index in [4.69, 9.17) is 0 Å². The molecule has 0 amide bonds. The number of sulfonamides is 1. The van der Waals surface area contributed by atoms with Gasteiger partial charge in [-0.15, -0.1) is 0 Å². The van der Waals surface area contributed by atoms with Gasteiger partial charge in [-0.2, -0.15) is 0 Å². The quantitative estimate of drug-likeness (QED) is 0.842. The van der Waals surface area contributed by atoms with Gasteiger partial charge in [-0.05, 0) is 56.8 Å². The van der Waals surface area contributed by atoms with Crippen molar-refractivity contribution < 1.29 is 13.2 Å². The predicted octanol–water partition coefficient (Wildman–Crippen LogP) is 1.32. The fourth-order valence-electron chi connectivity index (χ4n) is 5.21. The molecule has 0 spiro atoms. The summed E-state index contributed by atoms with van der Waals surface area (Å²) in [6.45, 7) is 1.70. The number of rotatable bonds is 3. The molecule has 4 saturated carbocycles. The van der Waals surface area contributed by atoms with Crippen molar-refractivity contribution in [1.29, 1.82) is 0 Å². The maximum absolute atomic E-state index is 11.8. The molecule has 4 aliphatic carbocycles. The molecule has 0 saturated heterocycles. The minimum absolute atomic E-state index is 0.191. The molecule has 0 aromatic carbocycles. The van der Waals surface area contributed by atoms with Crippen LogP contribution in [0.25, 0.3) is 0 Å². The highest BCUT2D eigenvalue weighted by Crippen LogP contribution is 2.58. The Morgan fingerprint density at radius 3 is 2.17 bits per heavy atom. The van der Waals surface area contributed by atoms with Crippen LogP contribution in [0.5, 0.6) is 0 Å². The molecule has 4 fully saturated rings. The highest BCUT2D eigenvalue weighted by Gasteiger charge is 2.57. The van der Waals surface area contributed by atoms with Gasteiger partial charge in [0.1, 0.15) is 5.78 Å². The normalized spacial score (nSPS) is 46.3. The largest absolute Gasteiger partial charge is 0.300 e. The summed E-state index contributed by atoms with van der Waals surface area (Å²) in [5.41, 5.74) is -0.240.